The van der Waals surface area contributed by atoms with Crippen molar-refractivity contribution in [3.05, 3.63) is 5.51 Å². The summed E-state index contributed by atoms with van der Waals surface area (Å²) in [5, 5.41) is 14.1. The molecule has 6 heteroatoms. The zero-order chi connectivity index (χ0) is 11.1. The number of rotatable bonds is 6. The van der Waals surface area contributed by atoms with E-state index in [9.17, 15) is 4.79 Å². The lowest BCUT2D eigenvalue weighted by molar-refractivity contribution is -0.120. The molecule has 0 spiro atoms. The molecule has 1 aromatic rings. The normalized spacial score (nSPS) is 10.3. The summed E-state index contributed by atoms with van der Waals surface area (Å²) >= 11 is 1.43. The molecule has 1 rings (SSSR count). The van der Waals surface area contributed by atoms with Gasteiger partial charge >= 0.3 is 0 Å². The monoisotopic (exact) mass is 228 g/mol. The molecule has 0 aromatic carbocycles. The number of amides is 1. The van der Waals surface area contributed by atoms with Crippen molar-refractivity contribution in [2.75, 3.05) is 18.4 Å². The molecule has 0 unspecified atom stereocenters. The number of hydrogen-bond acceptors (Lipinski definition) is 5. The lowest BCUT2D eigenvalue weighted by atomic mass is 10.2. The largest absolute Gasteiger partial charge is 0.360 e. The molecule has 0 atom stereocenters. The Morgan fingerprint density at radius 2 is 2.40 bits per heavy atom. The molecule has 1 aromatic heterocycles. The van der Waals surface area contributed by atoms with E-state index >= 15 is 0 Å². The topological polar surface area (TPSA) is 66.9 Å². The van der Waals surface area contributed by atoms with Crippen molar-refractivity contribution < 1.29 is 4.79 Å². The number of hydrogen-bond donors (Lipinski definition) is 2. The molecular weight excluding hydrogens is 212 g/mol. The maximum atomic E-state index is 11.3. The minimum atomic E-state index is 0.0701. The van der Waals surface area contributed by atoms with Crippen molar-refractivity contribution in [3.63, 3.8) is 0 Å². The van der Waals surface area contributed by atoms with Crippen LogP contribution in [-0.4, -0.2) is 29.2 Å². The maximum absolute atomic E-state index is 11.3. The number of nitrogens with one attached hydrogen (secondary N) is 2. The van der Waals surface area contributed by atoms with E-state index in [1.807, 2.05) is 0 Å². The third kappa shape index (κ3) is 5.31. The summed E-state index contributed by atoms with van der Waals surface area (Å²) < 4.78 is 0. The molecule has 0 saturated carbocycles. The fourth-order valence-electron chi connectivity index (χ4n) is 0.939. The molecule has 0 radical (unpaired) electrons. The first kappa shape index (κ1) is 11.9. The number of anilines is 1. The lowest BCUT2D eigenvalue weighted by Gasteiger charge is -2.07. The Hall–Kier alpha value is -1.17. The molecule has 1 amide bonds. The molecule has 5 nitrogen and oxygen atoms in total. The highest BCUT2D eigenvalue weighted by Gasteiger charge is 2.02. The number of carbonyl (C=O) groups is 1. The highest BCUT2D eigenvalue weighted by Crippen LogP contribution is 2.07. The third-order valence-electron chi connectivity index (χ3n) is 1.70. The highest BCUT2D eigenvalue weighted by molar-refractivity contribution is 7.13. The van der Waals surface area contributed by atoms with Gasteiger partial charge in [-0.25, -0.2) is 0 Å². The summed E-state index contributed by atoms with van der Waals surface area (Å²) in [6, 6.07) is 0. The molecule has 2 N–H and O–H groups in total. The van der Waals surface area contributed by atoms with Crippen LogP contribution in [0.1, 0.15) is 20.3 Å². The molecule has 15 heavy (non-hydrogen) atoms. The second-order valence-electron chi connectivity index (χ2n) is 3.62. The van der Waals surface area contributed by atoms with E-state index in [4.69, 9.17) is 0 Å². The third-order valence-corrected chi connectivity index (χ3v) is 2.34. The van der Waals surface area contributed by atoms with Gasteiger partial charge in [-0.2, -0.15) is 0 Å². The van der Waals surface area contributed by atoms with Crippen LogP contribution >= 0.6 is 11.3 Å². The SMILES string of the molecule is CC(C)CNC(=O)CCNc1nncs1. The van der Waals surface area contributed by atoms with Gasteiger partial charge in [0.2, 0.25) is 11.0 Å². The van der Waals surface area contributed by atoms with Crippen LogP contribution in [0.3, 0.4) is 0 Å². The summed E-state index contributed by atoms with van der Waals surface area (Å²) in [4.78, 5) is 11.3. The van der Waals surface area contributed by atoms with Crippen LogP contribution in [-0.2, 0) is 4.79 Å². The van der Waals surface area contributed by atoms with Gasteiger partial charge in [-0.15, -0.1) is 10.2 Å². The molecular formula is C9H16N4OS. The molecule has 0 saturated heterocycles. The van der Waals surface area contributed by atoms with Crippen molar-refractivity contribution in [3.8, 4) is 0 Å². The summed E-state index contributed by atoms with van der Waals surface area (Å²) in [6.07, 6.45) is 0.465. The fourth-order valence-corrected chi connectivity index (χ4v) is 1.41. The first-order valence-corrected chi connectivity index (χ1v) is 5.83. The van der Waals surface area contributed by atoms with Crippen molar-refractivity contribution in [2.45, 2.75) is 20.3 Å². The Kier molecular flexibility index (Phi) is 5.03. The van der Waals surface area contributed by atoms with Crippen LogP contribution in [0.5, 0.6) is 0 Å². The van der Waals surface area contributed by atoms with Crippen LogP contribution < -0.4 is 10.6 Å². The quantitative estimate of drug-likeness (QED) is 0.765. The van der Waals surface area contributed by atoms with Crippen LogP contribution in [0.15, 0.2) is 5.51 Å². The first-order valence-electron chi connectivity index (χ1n) is 4.95. The van der Waals surface area contributed by atoms with E-state index in [2.05, 4.69) is 34.7 Å². The summed E-state index contributed by atoms with van der Waals surface area (Å²) in [5.74, 6) is 0.561. The van der Waals surface area contributed by atoms with Crippen LogP contribution in [0.25, 0.3) is 0 Å². The minimum absolute atomic E-state index is 0.0701. The minimum Gasteiger partial charge on any atom is -0.360 e. The Labute approximate surface area is 93.3 Å². The van der Waals surface area contributed by atoms with Crippen molar-refractivity contribution >= 4 is 22.4 Å². The highest BCUT2D eigenvalue weighted by atomic mass is 32.1. The van der Waals surface area contributed by atoms with Gasteiger partial charge in [0, 0.05) is 19.5 Å². The fraction of sp³-hybridized carbons (Fsp3) is 0.667. The standard InChI is InChI=1S/C9H16N4OS/c1-7(2)5-11-8(14)3-4-10-9-13-12-6-15-9/h6-7H,3-5H2,1-2H3,(H,10,13)(H,11,14). The molecule has 1 heterocycles. The number of carbonyl (C=O) groups excluding carboxylic acids is 1. The Balaban J connectivity index is 2.07. The van der Waals surface area contributed by atoms with Gasteiger partial charge in [-0.05, 0) is 5.92 Å². The molecule has 0 aliphatic carbocycles. The van der Waals surface area contributed by atoms with Crippen LogP contribution in [0.4, 0.5) is 5.13 Å². The van der Waals surface area contributed by atoms with Crippen LogP contribution in [0.2, 0.25) is 0 Å². The van der Waals surface area contributed by atoms with Gasteiger partial charge in [0.15, 0.2) is 0 Å². The summed E-state index contributed by atoms with van der Waals surface area (Å²) in [6.45, 7) is 5.47. The van der Waals surface area contributed by atoms with Gasteiger partial charge < -0.3 is 10.6 Å². The summed E-state index contributed by atoms with van der Waals surface area (Å²) in [7, 11) is 0. The predicted molar refractivity (Wildman–Crippen MR) is 60.9 cm³/mol. The average Bonchev–Trinajstić information content (AvgIpc) is 2.67. The first-order chi connectivity index (χ1) is 7.18. The second kappa shape index (κ2) is 6.34. The van der Waals surface area contributed by atoms with Crippen molar-refractivity contribution in [1.82, 2.24) is 15.5 Å². The Morgan fingerprint density at radius 3 is 3.00 bits per heavy atom. The van der Waals surface area contributed by atoms with E-state index in [1.165, 1.54) is 11.3 Å². The zero-order valence-corrected chi connectivity index (χ0v) is 9.80. The van der Waals surface area contributed by atoms with Crippen LogP contribution in [0, 0.1) is 5.92 Å². The number of nitrogens with zero attached hydrogens (tertiary/aromatic N) is 2. The predicted octanol–water partition coefficient (Wildman–Crippen LogP) is 1.11. The smallest absolute Gasteiger partial charge is 0.221 e. The van der Waals surface area contributed by atoms with E-state index in [-0.39, 0.29) is 5.91 Å². The van der Waals surface area contributed by atoms with Crippen molar-refractivity contribution in [2.24, 2.45) is 5.92 Å². The van der Waals surface area contributed by atoms with E-state index in [1.54, 1.807) is 5.51 Å². The lowest BCUT2D eigenvalue weighted by Crippen LogP contribution is -2.28. The Bertz CT molecular complexity index is 286. The average molecular weight is 228 g/mol. The van der Waals surface area contributed by atoms with E-state index in [0.29, 0.717) is 18.9 Å². The number of aromatic nitrogens is 2. The van der Waals surface area contributed by atoms with Gasteiger partial charge in [0.25, 0.3) is 0 Å². The molecule has 0 aliphatic rings. The second-order valence-corrected chi connectivity index (χ2v) is 4.45. The molecule has 0 aliphatic heterocycles. The molecule has 84 valence electrons. The maximum Gasteiger partial charge on any atom is 0.221 e. The van der Waals surface area contributed by atoms with E-state index < -0.39 is 0 Å². The molecule has 0 fully saturated rings. The van der Waals surface area contributed by atoms with Gasteiger partial charge in [0.1, 0.15) is 5.51 Å². The van der Waals surface area contributed by atoms with Gasteiger partial charge in [0.05, 0.1) is 0 Å². The van der Waals surface area contributed by atoms with E-state index in [0.717, 1.165) is 11.7 Å². The van der Waals surface area contributed by atoms with Gasteiger partial charge in [-0.1, -0.05) is 25.2 Å². The Morgan fingerprint density at radius 1 is 1.60 bits per heavy atom. The molecule has 0 bridgehead atoms. The summed E-state index contributed by atoms with van der Waals surface area (Å²) in [5.41, 5.74) is 1.65. The van der Waals surface area contributed by atoms with Crippen molar-refractivity contribution in [1.29, 1.82) is 0 Å². The zero-order valence-electron chi connectivity index (χ0n) is 8.99. The van der Waals surface area contributed by atoms with Gasteiger partial charge in [-0.3, -0.25) is 4.79 Å².